The van der Waals surface area contributed by atoms with Crippen LogP contribution in [-0.4, -0.2) is 23.1 Å². The third kappa shape index (κ3) is 2.64. The van der Waals surface area contributed by atoms with Crippen molar-refractivity contribution >= 4 is 23.0 Å². The number of aromatic nitrogens is 1. The van der Waals surface area contributed by atoms with E-state index in [4.69, 9.17) is 18.0 Å². The molecule has 98 valence electrons. The summed E-state index contributed by atoms with van der Waals surface area (Å²) in [5.41, 5.74) is 7.71. The number of nitrogens with zero attached hydrogens (tertiary/aromatic N) is 2. The molecule has 1 saturated heterocycles. The first-order chi connectivity index (χ1) is 8.49. The highest BCUT2D eigenvalue weighted by molar-refractivity contribution is 7.80. The van der Waals surface area contributed by atoms with Crippen molar-refractivity contribution in [3.8, 4) is 0 Å². The predicted octanol–water partition coefficient (Wildman–Crippen LogP) is 2.51. The minimum atomic E-state index is 0.436. The molecule has 1 atom stereocenters. The van der Waals surface area contributed by atoms with Gasteiger partial charge in [-0.2, -0.15) is 0 Å². The molecule has 1 fully saturated rings. The van der Waals surface area contributed by atoms with E-state index in [0.717, 1.165) is 36.1 Å². The van der Waals surface area contributed by atoms with E-state index in [9.17, 15) is 0 Å². The first kappa shape index (κ1) is 13.3. The highest BCUT2D eigenvalue weighted by Gasteiger charge is 2.27. The Labute approximate surface area is 114 Å². The Morgan fingerprint density at radius 3 is 2.78 bits per heavy atom. The highest BCUT2D eigenvalue weighted by Crippen LogP contribution is 2.29. The molecule has 4 heteroatoms. The van der Waals surface area contributed by atoms with Gasteiger partial charge in [-0.15, -0.1) is 0 Å². The van der Waals surface area contributed by atoms with Gasteiger partial charge in [-0.25, -0.2) is 4.98 Å². The number of thiocarbonyl (C=S) groups is 1. The maximum atomic E-state index is 5.79. The number of rotatable bonds is 3. The summed E-state index contributed by atoms with van der Waals surface area (Å²) in [7, 11) is 0. The molecule has 0 bridgehead atoms. The van der Waals surface area contributed by atoms with Crippen molar-refractivity contribution in [3.63, 3.8) is 0 Å². The zero-order chi connectivity index (χ0) is 13.3. The summed E-state index contributed by atoms with van der Waals surface area (Å²) in [5.74, 6) is 2.42. The topological polar surface area (TPSA) is 42.1 Å². The molecule has 0 radical (unpaired) electrons. The maximum Gasteiger partial charge on any atom is 0.139 e. The minimum absolute atomic E-state index is 0.436. The lowest BCUT2D eigenvalue weighted by Crippen LogP contribution is -2.26. The van der Waals surface area contributed by atoms with E-state index in [1.807, 2.05) is 19.1 Å². The molecule has 2 N–H and O–H groups in total. The molecule has 1 unspecified atom stereocenters. The molecule has 0 aliphatic carbocycles. The molecule has 1 aliphatic heterocycles. The third-order valence-corrected chi connectivity index (χ3v) is 3.97. The molecule has 0 aromatic carbocycles. The van der Waals surface area contributed by atoms with Crippen molar-refractivity contribution in [2.75, 3.05) is 18.0 Å². The van der Waals surface area contributed by atoms with E-state index in [0.29, 0.717) is 10.9 Å². The lowest BCUT2D eigenvalue weighted by Gasteiger charge is -2.21. The SMILES string of the molecule is Cc1ccc(C(N)=S)c(N2CCC(C(C)C)C2)n1. The van der Waals surface area contributed by atoms with Crippen LogP contribution < -0.4 is 10.6 Å². The molecule has 1 aromatic rings. The van der Waals surface area contributed by atoms with Crippen LogP contribution in [0.15, 0.2) is 12.1 Å². The van der Waals surface area contributed by atoms with Crippen LogP contribution in [0.3, 0.4) is 0 Å². The van der Waals surface area contributed by atoms with Crippen LogP contribution in [0, 0.1) is 18.8 Å². The van der Waals surface area contributed by atoms with E-state index in [2.05, 4.69) is 23.7 Å². The fraction of sp³-hybridized carbons (Fsp3) is 0.571. The third-order valence-electron chi connectivity index (χ3n) is 3.75. The van der Waals surface area contributed by atoms with Crippen molar-refractivity contribution < 1.29 is 0 Å². The van der Waals surface area contributed by atoms with Gasteiger partial charge in [0, 0.05) is 18.8 Å². The fourth-order valence-electron chi connectivity index (χ4n) is 2.50. The molecule has 0 saturated carbocycles. The summed E-state index contributed by atoms with van der Waals surface area (Å²) in [6.07, 6.45) is 1.23. The molecule has 3 nitrogen and oxygen atoms in total. The predicted molar refractivity (Wildman–Crippen MR) is 80.0 cm³/mol. The number of pyridine rings is 1. The van der Waals surface area contributed by atoms with Gasteiger partial charge in [-0.3, -0.25) is 0 Å². The van der Waals surface area contributed by atoms with E-state index in [-0.39, 0.29) is 0 Å². The van der Waals surface area contributed by atoms with E-state index in [1.165, 1.54) is 6.42 Å². The van der Waals surface area contributed by atoms with E-state index in [1.54, 1.807) is 0 Å². The molecule has 2 rings (SSSR count). The first-order valence-corrected chi connectivity index (χ1v) is 6.92. The number of hydrogen-bond acceptors (Lipinski definition) is 3. The molecular weight excluding hydrogens is 242 g/mol. The van der Waals surface area contributed by atoms with Crippen molar-refractivity contribution in [2.24, 2.45) is 17.6 Å². The average Bonchev–Trinajstić information content (AvgIpc) is 2.77. The number of aryl methyl sites for hydroxylation is 1. The van der Waals surface area contributed by atoms with Crippen LogP contribution in [0.1, 0.15) is 31.5 Å². The average molecular weight is 263 g/mol. The van der Waals surface area contributed by atoms with Gasteiger partial charge in [0.1, 0.15) is 10.8 Å². The summed E-state index contributed by atoms with van der Waals surface area (Å²) in [5, 5.41) is 0. The summed E-state index contributed by atoms with van der Waals surface area (Å²) in [6.45, 7) is 8.68. The smallest absolute Gasteiger partial charge is 0.139 e. The van der Waals surface area contributed by atoms with Crippen molar-refractivity contribution in [1.29, 1.82) is 0 Å². The molecule has 0 amide bonds. The van der Waals surface area contributed by atoms with Crippen LogP contribution >= 0.6 is 12.2 Å². The van der Waals surface area contributed by atoms with Crippen LogP contribution in [0.5, 0.6) is 0 Å². The number of nitrogens with two attached hydrogens (primary N) is 1. The summed E-state index contributed by atoms with van der Waals surface area (Å²) < 4.78 is 0. The second-order valence-corrected chi connectivity index (χ2v) is 5.87. The van der Waals surface area contributed by atoms with E-state index < -0.39 is 0 Å². The molecular formula is C14H21N3S. The van der Waals surface area contributed by atoms with Gasteiger partial charge in [0.2, 0.25) is 0 Å². The van der Waals surface area contributed by atoms with Crippen molar-refractivity contribution in [2.45, 2.75) is 27.2 Å². The number of hydrogen-bond donors (Lipinski definition) is 1. The van der Waals surface area contributed by atoms with Crippen LogP contribution in [0.25, 0.3) is 0 Å². The van der Waals surface area contributed by atoms with Gasteiger partial charge in [0.15, 0.2) is 0 Å². The molecule has 2 heterocycles. The Morgan fingerprint density at radius 1 is 1.50 bits per heavy atom. The Hall–Kier alpha value is -1.16. The lowest BCUT2D eigenvalue weighted by atomic mass is 9.95. The molecule has 0 spiro atoms. The summed E-state index contributed by atoms with van der Waals surface area (Å²) >= 11 is 5.12. The molecule has 1 aliphatic rings. The van der Waals surface area contributed by atoms with E-state index >= 15 is 0 Å². The van der Waals surface area contributed by atoms with Crippen molar-refractivity contribution in [1.82, 2.24) is 4.98 Å². The standard InChI is InChI=1S/C14H21N3S/c1-9(2)11-6-7-17(8-11)14-12(13(15)18)5-4-10(3)16-14/h4-5,9,11H,6-8H2,1-3H3,(H2,15,18). The van der Waals surface area contributed by atoms with Gasteiger partial charge >= 0.3 is 0 Å². The second kappa shape index (κ2) is 5.22. The Morgan fingerprint density at radius 2 is 2.22 bits per heavy atom. The summed E-state index contributed by atoms with van der Waals surface area (Å²) in [6, 6.07) is 3.96. The zero-order valence-corrected chi connectivity index (χ0v) is 12.1. The Kier molecular flexibility index (Phi) is 3.85. The minimum Gasteiger partial charge on any atom is -0.389 e. The van der Waals surface area contributed by atoms with Gasteiger partial charge in [-0.1, -0.05) is 26.1 Å². The van der Waals surface area contributed by atoms with Crippen LogP contribution in [0.4, 0.5) is 5.82 Å². The van der Waals surface area contributed by atoms with Crippen LogP contribution in [0.2, 0.25) is 0 Å². The van der Waals surface area contributed by atoms with Gasteiger partial charge in [0.25, 0.3) is 0 Å². The Bertz CT molecular complexity index is 456. The molecule has 18 heavy (non-hydrogen) atoms. The monoisotopic (exact) mass is 263 g/mol. The lowest BCUT2D eigenvalue weighted by molar-refractivity contribution is 0.422. The van der Waals surface area contributed by atoms with Crippen molar-refractivity contribution in [3.05, 3.63) is 23.4 Å². The van der Waals surface area contributed by atoms with Gasteiger partial charge in [0.05, 0.1) is 5.56 Å². The second-order valence-electron chi connectivity index (χ2n) is 5.43. The normalized spacial score (nSPS) is 19.6. The highest BCUT2D eigenvalue weighted by atomic mass is 32.1. The zero-order valence-electron chi connectivity index (χ0n) is 11.3. The quantitative estimate of drug-likeness (QED) is 0.851. The first-order valence-electron chi connectivity index (χ1n) is 6.51. The Balaban J connectivity index is 2.28. The largest absolute Gasteiger partial charge is 0.389 e. The van der Waals surface area contributed by atoms with Gasteiger partial charge < -0.3 is 10.6 Å². The maximum absolute atomic E-state index is 5.79. The fourth-order valence-corrected chi connectivity index (χ4v) is 2.66. The van der Waals surface area contributed by atoms with Gasteiger partial charge in [-0.05, 0) is 37.3 Å². The number of anilines is 1. The molecule has 1 aromatic heterocycles. The summed E-state index contributed by atoms with van der Waals surface area (Å²) in [4.78, 5) is 7.39. The van der Waals surface area contributed by atoms with Crippen LogP contribution in [-0.2, 0) is 0 Å².